The molecule has 0 saturated heterocycles. The highest BCUT2D eigenvalue weighted by atomic mass is 16.7. The lowest BCUT2D eigenvalue weighted by Crippen LogP contribution is -2.15. The summed E-state index contributed by atoms with van der Waals surface area (Å²) in [6.07, 6.45) is 2.71. The van der Waals surface area contributed by atoms with Gasteiger partial charge in [0.15, 0.2) is 0 Å². The fourth-order valence-electron chi connectivity index (χ4n) is 3.17. The lowest BCUT2D eigenvalue weighted by atomic mass is 9.87. The van der Waals surface area contributed by atoms with E-state index in [0.717, 1.165) is 41.9 Å². The number of hydrogen-bond donors (Lipinski definition) is 0. The van der Waals surface area contributed by atoms with Crippen molar-refractivity contribution in [3.8, 4) is 11.5 Å². The Kier molecular flexibility index (Phi) is 5.03. The standard InChI is InChI=1S/C20H21NO4/c1-13-14-8-6-9-17(15(14)11-12-18(13)23-2)21-25-20(22)16-7-4-5-10-19(16)24-3/h4-5,7,10-12H,6,8-9H2,1-3H3. The summed E-state index contributed by atoms with van der Waals surface area (Å²) in [6.45, 7) is 2.04. The van der Waals surface area contributed by atoms with E-state index >= 15 is 0 Å². The number of nitrogens with zero attached hydrogens (tertiary/aromatic N) is 1. The van der Waals surface area contributed by atoms with Gasteiger partial charge in [0.2, 0.25) is 0 Å². The van der Waals surface area contributed by atoms with Crippen molar-refractivity contribution in [2.75, 3.05) is 14.2 Å². The summed E-state index contributed by atoms with van der Waals surface area (Å²) < 4.78 is 10.6. The minimum Gasteiger partial charge on any atom is -0.496 e. The van der Waals surface area contributed by atoms with Gasteiger partial charge in [-0.15, -0.1) is 0 Å². The number of benzene rings is 2. The third-order valence-corrected chi connectivity index (χ3v) is 4.49. The molecule has 3 rings (SSSR count). The Morgan fingerprint density at radius 3 is 2.52 bits per heavy atom. The van der Waals surface area contributed by atoms with Crippen LogP contribution in [0.2, 0.25) is 0 Å². The van der Waals surface area contributed by atoms with Gasteiger partial charge in [0.25, 0.3) is 0 Å². The van der Waals surface area contributed by atoms with E-state index in [4.69, 9.17) is 14.3 Å². The van der Waals surface area contributed by atoms with Gasteiger partial charge in [-0.05, 0) is 61.6 Å². The van der Waals surface area contributed by atoms with E-state index < -0.39 is 5.97 Å². The molecule has 5 nitrogen and oxygen atoms in total. The average Bonchev–Trinajstić information content (AvgIpc) is 2.66. The Balaban J connectivity index is 1.87. The van der Waals surface area contributed by atoms with Crippen LogP contribution in [0.1, 0.15) is 39.9 Å². The Bertz CT molecular complexity index is 826. The molecule has 0 atom stereocenters. The maximum Gasteiger partial charge on any atom is 0.369 e. The van der Waals surface area contributed by atoms with Gasteiger partial charge in [-0.1, -0.05) is 17.3 Å². The Morgan fingerprint density at radius 1 is 1.00 bits per heavy atom. The van der Waals surface area contributed by atoms with Gasteiger partial charge in [0, 0.05) is 5.56 Å². The molecule has 5 heteroatoms. The molecular formula is C20H21NO4. The first-order chi connectivity index (χ1) is 12.2. The topological polar surface area (TPSA) is 57.1 Å². The second-order valence-corrected chi connectivity index (χ2v) is 5.89. The zero-order valence-electron chi connectivity index (χ0n) is 14.7. The molecule has 2 aromatic carbocycles. The molecule has 0 bridgehead atoms. The summed E-state index contributed by atoms with van der Waals surface area (Å²) in [6, 6.07) is 10.8. The summed E-state index contributed by atoms with van der Waals surface area (Å²) in [5, 5.41) is 4.14. The number of rotatable bonds is 4. The lowest BCUT2D eigenvalue weighted by molar-refractivity contribution is 0.0512. The predicted octanol–water partition coefficient (Wildman–Crippen LogP) is 3.91. The monoisotopic (exact) mass is 339 g/mol. The van der Waals surface area contributed by atoms with Gasteiger partial charge in [-0.2, -0.15) is 0 Å². The highest BCUT2D eigenvalue weighted by Gasteiger charge is 2.21. The normalized spacial score (nSPS) is 14.8. The van der Waals surface area contributed by atoms with Crippen LogP contribution in [0, 0.1) is 6.92 Å². The molecule has 0 N–H and O–H groups in total. The van der Waals surface area contributed by atoms with Crippen LogP contribution in [0.5, 0.6) is 11.5 Å². The maximum atomic E-state index is 12.3. The Hall–Kier alpha value is -2.82. The lowest BCUT2D eigenvalue weighted by Gasteiger charge is -2.21. The molecule has 0 heterocycles. The smallest absolute Gasteiger partial charge is 0.369 e. The molecule has 0 radical (unpaired) electrons. The highest BCUT2D eigenvalue weighted by Crippen LogP contribution is 2.31. The van der Waals surface area contributed by atoms with Crippen molar-refractivity contribution in [2.45, 2.75) is 26.2 Å². The highest BCUT2D eigenvalue weighted by molar-refractivity contribution is 6.03. The van der Waals surface area contributed by atoms with Crippen LogP contribution in [0.3, 0.4) is 0 Å². The van der Waals surface area contributed by atoms with E-state index in [-0.39, 0.29) is 0 Å². The number of hydrogen-bond acceptors (Lipinski definition) is 5. The third kappa shape index (κ3) is 3.36. The molecule has 0 fully saturated rings. The van der Waals surface area contributed by atoms with E-state index in [1.165, 1.54) is 12.7 Å². The van der Waals surface area contributed by atoms with Crippen LogP contribution in [0.4, 0.5) is 0 Å². The second kappa shape index (κ2) is 7.38. The fourth-order valence-corrected chi connectivity index (χ4v) is 3.17. The number of carbonyl (C=O) groups is 1. The van der Waals surface area contributed by atoms with Gasteiger partial charge in [-0.25, -0.2) is 4.79 Å². The number of carbonyl (C=O) groups excluding carboxylic acids is 1. The van der Waals surface area contributed by atoms with Crippen LogP contribution >= 0.6 is 0 Å². The van der Waals surface area contributed by atoms with Crippen LogP contribution in [-0.2, 0) is 11.3 Å². The van der Waals surface area contributed by atoms with Gasteiger partial charge >= 0.3 is 5.97 Å². The number of fused-ring (bicyclic) bond motifs is 1. The first kappa shape index (κ1) is 17.0. The number of ether oxygens (including phenoxy) is 2. The summed E-state index contributed by atoms with van der Waals surface area (Å²) in [7, 11) is 3.19. The molecule has 0 spiro atoms. The van der Waals surface area contributed by atoms with E-state index in [1.807, 2.05) is 19.1 Å². The second-order valence-electron chi connectivity index (χ2n) is 5.89. The quantitative estimate of drug-likeness (QED) is 0.626. The summed E-state index contributed by atoms with van der Waals surface area (Å²) in [4.78, 5) is 17.5. The van der Waals surface area contributed by atoms with Crippen LogP contribution < -0.4 is 9.47 Å². The molecule has 130 valence electrons. The van der Waals surface area contributed by atoms with E-state index in [1.54, 1.807) is 31.4 Å². The molecule has 1 aliphatic carbocycles. The first-order valence-corrected chi connectivity index (χ1v) is 8.23. The zero-order valence-corrected chi connectivity index (χ0v) is 14.7. The molecule has 0 aromatic heterocycles. The summed E-state index contributed by atoms with van der Waals surface area (Å²) in [5.74, 6) is 0.811. The average molecular weight is 339 g/mol. The predicted molar refractivity (Wildman–Crippen MR) is 95.6 cm³/mol. The minimum atomic E-state index is -0.526. The van der Waals surface area contributed by atoms with Gasteiger partial charge in [0.05, 0.1) is 19.9 Å². The molecular weight excluding hydrogens is 318 g/mol. The minimum absolute atomic E-state index is 0.358. The number of oxime groups is 1. The van der Waals surface area contributed by atoms with Crippen LogP contribution in [0.25, 0.3) is 0 Å². The fraction of sp³-hybridized carbons (Fsp3) is 0.300. The van der Waals surface area contributed by atoms with E-state index in [0.29, 0.717) is 11.3 Å². The molecule has 2 aromatic rings. The summed E-state index contributed by atoms with van der Waals surface area (Å²) in [5.41, 5.74) is 4.49. The van der Waals surface area contributed by atoms with E-state index in [9.17, 15) is 4.79 Å². The SMILES string of the molecule is COc1ccccc1C(=O)ON=C1CCCc2c1ccc(OC)c2C. The van der Waals surface area contributed by atoms with Crippen molar-refractivity contribution in [1.29, 1.82) is 0 Å². The van der Waals surface area contributed by atoms with Crippen molar-refractivity contribution >= 4 is 11.7 Å². The molecule has 0 amide bonds. The molecule has 25 heavy (non-hydrogen) atoms. The molecule has 0 aliphatic heterocycles. The van der Waals surface area contributed by atoms with Crippen LogP contribution in [-0.4, -0.2) is 25.9 Å². The first-order valence-electron chi connectivity index (χ1n) is 8.23. The van der Waals surface area contributed by atoms with Crippen molar-refractivity contribution in [1.82, 2.24) is 0 Å². The molecule has 1 aliphatic rings. The zero-order chi connectivity index (χ0) is 17.8. The Labute approximate surface area is 147 Å². The number of para-hydroxylation sites is 1. The third-order valence-electron chi connectivity index (χ3n) is 4.49. The van der Waals surface area contributed by atoms with Gasteiger partial charge in [-0.3, -0.25) is 0 Å². The van der Waals surface area contributed by atoms with Gasteiger partial charge in [0.1, 0.15) is 17.1 Å². The number of methoxy groups -OCH3 is 2. The summed E-state index contributed by atoms with van der Waals surface area (Å²) >= 11 is 0. The molecule has 0 saturated carbocycles. The van der Waals surface area contributed by atoms with Crippen molar-refractivity contribution in [3.05, 3.63) is 58.7 Å². The largest absolute Gasteiger partial charge is 0.496 e. The van der Waals surface area contributed by atoms with E-state index in [2.05, 4.69) is 5.16 Å². The van der Waals surface area contributed by atoms with Crippen molar-refractivity contribution in [2.24, 2.45) is 5.16 Å². The molecule has 0 unspecified atom stereocenters. The van der Waals surface area contributed by atoms with Gasteiger partial charge < -0.3 is 14.3 Å². The maximum absolute atomic E-state index is 12.3. The van der Waals surface area contributed by atoms with Crippen molar-refractivity contribution < 1.29 is 19.1 Å². The van der Waals surface area contributed by atoms with Crippen LogP contribution in [0.15, 0.2) is 41.6 Å². The van der Waals surface area contributed by atoms with Crippen molar-refractivity contribution in [3.63, 3.8) is 0 Å². The Morgan fingerprint density at radius 2 is 1.76 bits per heavy atom.